The van der Waals surface area contributed by atoms with Gasteiger partial charge < -0.3 is 5.73 Å². The first-order valence-electron chi connectivity index (χ1n) is 11.9. The van der Waals surface area contributed by atoms with Crippen LogP contribution in [0.1, 0.15) is 83.1 Å². The highest BCUT2D eigenvalue weighted by atomic mass is 14.8. The predicted molar refractivity (Wildman–Crippen MR) is 113 cm³/mol. The Bertz CT molecular complexity index is 653. The molecular formula is C26H39N. The van der Waals surface area contributed by atoms with Gasteiger partial charge in [0.15, 0.2) is 0 Å². The standard InChI is InChI=1S/C26H39N/c1-25-15-6-5-10-20(25)12-13-21-22(25)14-17-26(16-7-11-23(21)26)24(27)18-19-8-3-2-4-9-19/h2-4,8-9,20-24H,5-7,10-18,27H2,1H3/t20?,21-,22+,23+,24?,25+,26-/m1/s1. The zero-order valence-corrected chi connectivity index (χ0v) is 17.3. The van der Waals surface area contributed by atoms with Crippen LogP contribution in [0.2, 0.25) is 0 Å². The van der Waals surface area contributed by atoms with Gasteiger partial charge in [-0.25, -0.2) is 0 Å². The van der Waals surface area contributed by atoms with E-state index in [9.17, 15) is 0 Å². The summed E-state index contributed by atoms with van der Waals surface area (Å²) in [7, 11) is 0. The molecule has 7 atom stereocenters. The highest BCUT2D eigenvalue weighted by molar-refractivity contribution is 5.19. The van der Waals surface area contributed by atoms with E-state index >= 15 is 0 Å². The second-order valence-corrected chi connectivity index (χ2v) is 10.9. The van der Waals surface area contributed by atoms with E-state index in [0.29, 0.717) is 16.9 Å². The number of nitrogens with two attached hydrogens (primary N) is 1. The quantitative estimate of drug-likeness (QED) is 0.662. The Kier molecular flexibility index (Phi) is 4.66. The van der Waals surface area contributed by atoms with Gasteiger partial charge >= 0.3 is 0 Å². The molecule has 4 aliphatic rings. The zero-order valence-electron chi connectivity index (χ0n) is 17.3. The summed E-state index contributed by atoms with van der Waals surface area (Å²) in [6.07, 6.45) is 17.3. The highest BCUT2D eigenvalue weighted by Crippen LogP contribution is 2.67. The van der Waals surface area contributed by atoms with Crippen LogP contribution in [0.25, 0.3) is 0 Å². The zero-order chi connectivity index (χ0) is 18.5. The lowest BCUT2D eigenvalue weighted by Gasteiger charge is -2.61. The molecule has 4 fully saturated rings. The van der Waals surface area contributed by atoms with Crippen molar-refractivity contribution in [3.05, 3.63) is 35.9 Å². The second-order valence-electron chi connectivity index (χ2n) is 10.9. The van der Waals surface area contributed by atoms with Crippen LogP contribution in [-0.2, 0) is 6.42 Å². The average Bonchev–Trinajstić information content (AvgIpc) is 3.14. The first-order valence-corrected chi connectivity index (χ1v) is 11.9. The molecule has 27 heavy (non-hydrogen) atoms. The third-order valence-corrected chi connectivity index (χ3v) is 10.0. The normalized spacial score (nSPS) is 44.8. The smallest absolute Gasteiger partial charge is 0.0139 e. The summed E-state index contributed by atoms with van der Waals surface area (Å²) in [5, 5.41) is 0. The lowest BCUT2D eigenvalue weighted by atomic mass is 9.44. The van der Waals surface area contributed by atoms with E-state index in [-0.39, 0.29) is 0 Å². The summed E-state index contributed by atoms with van der Waals surface area (Å²) < 4.78 is 0. The van der Waals surface area contributed by atoms with Gasteiger partial charge in [-0.15, -0.1) is 0 Å². The van der Waals surface area contributed by atoms with Crippen molar-refractivity contribution in [1.29, 1.82) is 0 Å². The number of fused-ring (bicyclic) bond motifs is 5. The van der Waals surface area contributed by atoms with E-state index < -0.39 is 0 Å². The molecule has 1 nitrogen and oxygen atoms in total. The van der Waals surface area contributed by atoms with Gasteiger partial charge in [0.2, 0.25) is 0 Å². The maximum absolute atomic E-state index is 7.04. The van der Waals surface area contributed by atoms with Crippen LogP contribution < -0.4 is 5.73 Å². The fourth-order valence-corrected chi connectivity index (χ4v) is 8.72. The van der Waals surface area contributed by atoms with Crippen molar-refractivity contribution in [2.24, 2.45) is 40.2 Å². The van der Waals surface area contributed by atoms with E-state index in [0.717, 1.165) is 30.1 Å². The first-order chi connectivity index (χ1) is 13.1. The van der Waals surface area contributed by atoms with Crippen molar-refractivity contribution in [3.8, 4) is 0 Å². The molecule has 4 aliphatic carbocycles. The summed E-state index contributed by atoms with van der Waals surface area (Å²) in [6.45, 7) is 2.69. The molecule has 0 radical (unpaired) electrons. The van der Waals surface area contributed by atoms with Crippen molar-refractivity contribution in [2.75, 3.05) is 0 Å². The van der Waals surface area contributed by atoms with E-state index in [1.807, 2.05) is 0 Å². The Hall–Kier alpha value is -0.820. The average molecular weight is 366 g/mol. The Morgan fingerprint density at radius 1 is 0.889 bits per heavy atom. The van der Waals surface area contributed by atoms with Crippen molar-refractivity contribution in [2.45, 2.75) is 90.0 Å². The van der Waals surface area contributed by atoms with Crippen LogP contribution in [0, 0.1) is 34.5 Å². The Balaban J connectivity index is 1.40. The van der Waals surface area contributed by atoms with Gasteiger partial charge in [0, 0.05) is 6.04 Å². The predicted octanol–water partition coefficient (Wildman–Crippen LogP) is 6.36. The molecule has 1 aromatic carbocycles. The maximum atomic E-state index is 7.04. The summed E-state index contributed by atoms with van der Waals surface area (Å²) in [4.78, 5) is 0. The summed E-state index contributed by atoms with van der Waals surface area (Å²) in [5.41, 5.74) is 9.57. The summed E-state index contributed by atoms with van der Waals surface area (Å²) in [6, 6.07) is 11.4. The third kappa shape index (κ3) is 2.83. The molecule has 2 unspecified atom stereocenters. The van der Waals surface area contributed by atoms with Gasteiger partial charge in [0.25, 0.3) is 0 Å². The van der Waals surface area contributed by atoms with Crippen molar-refractivity contribution in [1.82, 2.24) is 0 Å². The molecule has 148 valence electrons. The number of hydrogen-bond acceptors (Lipinski definition) is 1. The number of rotatable bonds is 3. The molecule has 0 amide bonds. The summed E-state index contributed by atoms with van der Waals surface area (Å²) >= 11 is 0. The van der Waals surface area contributed by atoms with Crippen LogP contribution in [0.15, 0.2) is 30.3 Å². The van der Waals surface area contributed by atoms with Crippen LogP contribution in [0.4, 0.5) is 0 Å². The number of hydrogen-bond donors (Lipinski definition) is 1. The van der Waals surface area contributed by atoms with Gasteiger partial charge in [0.1, 0.15) is 0 Å². The van der Waals surface area contributed by atoms with Crippen LogP contribution in [0.3, 0.4) is 0 Å². The van der Waals surface area contributed by atoms with Crippen molar-refractivity contribution < 1.29 is 0 Å². The fourth-order valence-electron chi connectivity index (χ4n) is 8.72. The monoisotopic (exact) mass is 365 g/mol. The Labute approximate surface area is 166 Å². The van der Waals surface area contributed by atoms with Gasteiger partial charge in [-0.3, -0.25) is 0 Å². The number of benzene rings is 1. The maximum Gasteiger partial charge on any atom is 0.0139 e. The van der Waals surface area contributed by atoms with Crippen molar-refractivity contribution in [3.63, 3.8) is 0 Å². The molecule has 0 aromatic heterocycles. The second kappa shape index (κ2) is 6.90. The largest absolute Gasteiger partial charge is 0.327 e. The first kappa shape index (κ1) is 18.2. The van der Waals surface area contributed by atoms with Crippen molar-refractivity contribution >= 4 is 0 Å². The minimum absolute atomic E-state index is 0.352. The molecule has 0 bridgehead atoms. The van der Waals surface area contributed by atoms with E-state index in [1.165, 1.54) is 76.2 Å². The molecule has 0 heterocycles. The molecule has 5 rings (SSSR count). The van der Waals surface area contributed by atoms with Gasteiger partial charge in [0.05, 0.1) is 0 Å². The fraction of sp³-hybridized carbons (Fsp3) is 0.769. The van der Waals surface area contributed by atoms with Crippen LogP contribution in [0.5, 0.6) is 0 Å². The van der Waals surface area contributed by atoms with Gasteiger partial charge in [-0.1, -0.05) is 56.5 Å². The SMILES string of the molecule is C[C@]12CCCCC1CC[C@H]1[C@@H]3CCC[C@@]3(C(N)Cc3ccccc3)CC[C@@H]12. The summed E-state index contributed by atoms with van der Waals surface area (Å²) in [5.74, 6) is 3.91. The molecule has 2 N–H and O–H groups in total. The van der Waals surface area contributed by atoms with Gasteiger partial charge in [-0.2, -0.15) is 0 Å². The third-order valence-electron chi connectivity index (χ3n) is 10.0. The van der Waals surface area contributed by atoms with E-state index in [4.69, 9.17) is 5.73 Å². The molecule has 1 heteroatoms. The molecule has 0 saturated heterocycles. The highest BCUT2D eigenvalue weighted by Gasteiger charge is 2.59. The van der Waals surface area contributed by atoms with Gasteiger partial charge in [-0.05, 0) is 97.9 Å². The van der Waals surface area contributed by atoms with E-state index in [2.05, 4.69) is 37.3 Å². The topological polar surface area (TPSA) is 26.0 Å². The molecule has 4 saturated carbocycles. The lowest BCUT2D eigenvalue weighted by molar-refractivity contribution is -0.112. The molecule has 0 spiro atoms. The van der Waals surface area contributed by atoms with Crippen LogP contribution >= 0.6 is 0 Å². The molecule has 0 aliphatic heterocycles. The molecular weight excluding hydrogens is 326 g/mol. The minimum atomic E-state index is 0.352. The van der Waals surface area contributed by atoms with Crippen LogP contribution in [-0.4, -0.2) is 6.04 Å². The molecule has 1 aromatic rings. The Morgan fingerprint density at radius 3 is 2.59 bits per heavy atom. The lowest BCUT2D eigenvalue weighted by Crippen LogP contribution is -2.57. The minimum Gasteiger partial charge on any atom is -0.327 e. The Morgan fingerprint density at radius 2 is 1.74 bits per heavy atom. The van der Waals surface area contributed by atoms with E-state index in [1.54, 1.807) is 0 Å².